The number of amides is 2. The highest BCUT2D eigenvalue weighted by Gasteiger charge is 2.31. The van der Waals surface area contributed by atoms with Crippen molar-refractivity contribution >= 4 is 17.5 Å². The third kappa shape index (κ3) is 5.89. The summed E-state index contributed by atoms with van der Waals surface area (Å²) in [5.74, 6) is 1.88. The molecular weight excluding hydrogens is 481 g/mol. The number of carbonyl (C=O) groups is 2. The van der Waals surface area contributed by atoms with E-state index in [9.17, 15) is 22.8 Å². The van der Waals surface area contributed by atoms with Crippen molar-refractivity contribution in [2.45, 2.75) is 57.7 Å². The van der Waals surface area contributed by atoms with Crippen molar-refractivity contribution in [1.82, 2.24) is 4.90 Å². The van der Waals surface area contributed by atoms with E-state index < -0.39 is 11.7 Å². The van der Waals surface area contributed by atoms with Gasteiger partial charge in [0.05, 0.1) is 5.56 Å². The average Bonchev–Trinajstić information content (AvgIpc) is 3.56. The first-order chi connectivity index (χ1) is 17.8. The first kappa shape index (κ1) is 25.1. The zero-order chi connectivity index (χ0) is 26.0. The van der Waals surface area contributed by atoms with E-state index >= 15 is 0 Å². The number of furan rings is 1. The molecule has 0 unspecified atom stereocenters. The Bertz CT molecular complexity index is 1260. The number of nitrogens with zero attached hydrogens (tertiary/aromatic N) is 1. The van der Waals surface area contributed by atoms with E-state index in [2.05, 4.69) is 5.32 Å². The Labute approximate surface area is 213 Å². The minimum absolute atomic E-state index is 0.0333. The summed E-state index contributed by atoms with van der Waals surface area (Å²) >= 11 is 0. The number of nitrogens with one attached hydrogen (secondary N) is 1. The fourth-order valence-corrected chi connectivity index (χ4v) is 5.21. The van der Waals surface area contributed by atoms with Gasteiger partial charge in [0.2, 0.25) is 5.91 Å². The van der Waals surface area contributed by atoms with Crippen LogP contribution >= 0.6 is 0 Å². The molecule has 0 saturated heterocycles. The molecule has 37 heavy (non-hydrogen) atoms. The quantitative estimate of drug-likeness (QED) is 0.386. The summed E-state index contributed by atoms with van der Waals surface area (Å²) in [7, 11) is 0. The molecule has 1 N–H and O–H groups in total. The molecule has 1 aliphatic carbocycles. The fourth-order valence-electron chi connectivity index (χ4n) is 5.21. The van der Waals surface area contributed by atoms with Gasteiger partial charge in [-0.1, -0.05) is 25.7 Å². The largest absolute Gasteiger partial charge is 0.461 e. The van der Waals surface area contributed by atoms with Crippen LogP contribution in [0.2, 0.25) is 0 Å². The van der Waals surface area contributed by atoms with Crippen molar-refractivity contribution in [2.24, 2.45) is 5.92 Å². The van der Waals surface area contributed by atoms with E-state index in [0.29, 0.717) is 37.6 Å². The van der Waals surface area contributed by atoms with Crippen molar-refractivity contribution in [1.29, 1.82) is 0 Å². The van der Waals surface area contributed by atoms with E-state index in [4.69, 9.17) is 4.42 Å². The van der Waals surface area contributed by atoms with Crippen molar-refractivity contribution in [3.05, 3.63) is 77.0 Å². The molecule has 5 nitrogen and oxygen atoms in total. The number of rotatable bonds is 6. The van der Waals surface area contributed by atoms with Crippen LogP contribution in [-0.4, -0.2) is 23.3 Å². The molecule has 0 atom stereocenters. The zero-order valence-corrected chi connectivity index (χ0v) is 20.4. The van der Waals surface area contributed by atoms with E-state index in [1.807, 2.05) is 30.3 Å². The van der Waals surface area contributed by atoms with Gasteiger partial charge in [-0.2, -0.15) is 13.2 Å². The second-order valence-electron chi connectivity index (χ2n) is 9.93. The Morgan fingerprint density at radius 1 is 1.00 bits per heavy atom. The standard InChI is InChI=1S/C29H29F3N2O3/c30-29(31,32)23-10-6-21(7-11-23)28(36)34-16-15-25-22(18-34)17-26(37-25)20-8-12-24(13-9-20)33-27(35)14-5-19-3-1-2-4-19/h6-13,17,19H,1-5,14-16,18H2,(H,33,35). The van der Waals surface area contributed by atoms with Crippen LogP contribution in [0.1, 0.15) is 65.8 Å². The predicted molar refractivity (Wildman–Crippen MR) is 134 cm³/mol. The smallest absolute Gasteiger partial charge is 0.416 e. The Morgan fingerprint density at radius 2 is 1.70 bits per heavy atom. The molecule has 0 radical (unpaired) electrons. The van der Waals surface area contributed by atoms with Gasteiger partial charge >= 0.3 is 6.18 Å². The molecule has 1 aromatic heterocycles. The van der Waals surface area contributed by atoms with Crippen LogP contribution in [0, 0.1) is 5.92 Å². The monoisotopic (exact) mass is 510 g/mol. The van der Waals surface area contributed by atoms with Crippen LogP contribution in [0.4, 0.5) is 18.9 Å². The van der Waals surface area contributed by atoms with Crippen molar-refractivity contribution in [3.8, 4) is 11.3 Å². The summed E-state index contributed by atoms with van der Waals surface area (Å²) in [4.78, 5) is 26.8. The summed E-state index contributed by atoms with van der Waals surface area (Å²) in [6.07, 6.45) is 2.59. The molecule has 0 spiro atoms. The maximum Gasteiger partial charge on any atom is 0.416 e. The highest BCUT2D eigenvalue weighted by atomic mass is 19.4. The zero-order valence-electron chi connectivity index (χ0n) is 20.4. The topological polar surface area (TPSA) is 62.6 Å². The molecule has 8 heteroatoms. The van der Waals surface area contributed by atoms with Crippen LogP contribution in [0.5, 0.6) is 0 Å². The molecular formula is C29H29F3N2O3. The average molecular weight is 511 g/mol. The summed E-state index contributed by atoms with van der Waals surface area (Å²) in [5, 5.41) is 2.96. The van der Waals surface area contributed by atoms with Crippen LogP contribution in [0.15, 0.2) is 59.0 Å². The minimum Gasteiger partial charge on any atom is -0.461 e. The number of carbonyl (C=O) groups excluding carboxylic acids is 2. The van der Waals surface area contributed by atoms with E-state index in [1.165, 1.54) is 37.8 Å². The lowest BCUT2D eigenvalue weighted by molar-refractivity contribution is -0.137. The highest BCUT2D eigenvalue weighted by Crippen LogP contribution is 2.32. The summed E-state index contributed by atoms with van der Waals surface area (Å²) in [6, 6.07) is 13.7. The van der Waals surface area contributed by atoms with Gasteiger partial charge in [0.15, 0.2) is 0 Å². The molecule has 2 heterocycles. The number of hydrogen-bond donors (Lipinski definition) is 1. The Morgan fingerprint density at radius 3 is 2.38 bits per heavy atom. The van der Waals surface area contributed by atoms with Gasteiger partial charge in [-0.25, -0.2) is 0 Å². The second-order valence-corrected chi connectivity index (χ2v) is 9.93. The second kappa shape index (κ2) is 10.4. The van der Waals surface area contributed by atoms with Gasteiger partial charge in [-0.3, -0.25) is 9.59 Å². The number of fused-ring (bicyclic) bond motifs is 1. The molecule has 2 amide bonds. The van der Waals surface area contributed by atoms with E-state index in [0.717, 1.165) is 41.1 Å². The van der Waals surface area contributed by atoms with Gasteiger partial charge in [-0.05, 0) is 66.9 Å². The van der Waals surface area contributed by atoms with Gasteiger partial charge in [0.1, 0.15) is 11.5 Å². The van der Waals surface area contributed by atoms with Crippen molar-refractivity contribution in [2.75, 3.05) is 11.9 Å². The molecule has 0 bridgehead atoms. The lowest BCUT2D eigenvalue weighted by Crippen LogP contribution is -2.35. The molecule has 2 aromatic carbocycles. The molecule has 3 aromatic rings. The van der Waals surface area contributed by atoms with Crippen LogP contribution < -0.4 is 5.32 Å². The first-order valence-electron chi connectivity index (χ1n) is 12.7. The molecule has 2 aliphatic rings. The molecule has 1 saturated carbocycles. The number of anilines is 1. The van der Waals surface area contributed by atoms with E-state index in [-0.39, 0.29) is 17.4 Å². The molecule has 1 fully saturated rings. The van der Waals surface area contributed by atoms with Crippen LogP contribution in [-0.2, 0) is 23.9 Å². The summed E-state index contributed by atoms with van der Waals surface area (Å²) in [6.45, 7) is 0.749. The number of benzene rings is 2. The highest BCUT2D eigenvalue weighted by molar-refractivity contribution is 5.94. The van der Waals surface area contributed by atoms with E-state index in [1.54, 1.807) is 4.90 Å². The fraction of sp³-hybridized carbons (Fsp3) is 0.379. The third-order valence-electron chi connectivity index (χ3n) is 7.32. The summed E-state index contributed by atoms with van der Waals surface area (Å²) < 4.78 is 44.5. The predicted octanol–water partition coefficient (Wildman–Crippen LogP) is 7.07. The number of hydrogen-bond acceptors (Lipinski definition) is 3. The van der Waals surface area contributed by atoms with Crippen LogP contribution in [0.3, 0.4) is 0 Å². The molecule has 194 valence electrons. The molecule has 5 rings (SSSR count). The SMILES string of the molecule is O=C(CCC1CCCC1)Nc1ccc(-c2cc3c(o2)CCN(C(=O)c2ccc(C(F)(F)F)cc2)C3)cc1. The molecule has 1 aliphatic heterocycles. The first-order valence-corrected chi connectivity index (χ1v) is 12.7. The normalized spacial score (nSPS) is 16.0. The summed E-state index contributed by atoms with van der Waals surface area (Å²) in [5.41, 5.74) is 1.93. The Balaban J connectivity index is 1.19. The Kier molecular flexibility index (Phi) is 7.09. The van der Waals surface area contributed by atoms with Gasteiger partial charge in [-0.15, -0.1) is 0 Å². The third-order valence-corrected chi connectivity index (χ3v) is 7.32. The van der Waals surface area contributed by atoms with Gasteiger partial charge in [0.25, 0.3) is 5.91 Å². The lowest BCUT2D eigenvalue weighted by atomic mass is 10.0. The minimum atomic E-state index is -4.44. The lowest BCUT2D eigenvalue weighted by Gasteiger charge is -2.26. The maximum absolute atomic E-state index is 12.9. The van der Waals surface area contributed by atoms with Crippen molar-refractivity contribution in [3.63, 3.8) is 0 Å². The Hall–Kier alpha value is -3.55. The van der Waals surface area contributed by atoms with Crippen LogP contribution in [0.25, 0.3) is 11.3 Å². The van der Waals surface area contributed by atoms with Crippen molar-refractivity contribution < 1.29 is 27.2 Å². The van der Waals surface area contributed by atoms with Gasteiger partial charge in [0, 0.05) is 48.3 Å². The number of alkyl halides is 3. The van der Waals surface area contributed by atoms with Gasteiger partial charge < -0.3 is 14.6 Å². The number of halogens is 3. The maximum atomic E-state index is 12.9.